The van der Waals surface area contributed by atoms with Gasteiger partial charge in [0.05, 0.1) is 0 Å². The van der Waals surface area contributed by atoms with Crippen molar-refractivity contribution in [2.75, 3.05) is 13.1 Å². The largest absolute Gasteiger partial charge is 0.409 e. The predicted molar refractivity (Wildman–Crippen MR) is 75.9 cm³/mol. The molecule has 4 heteroatoms. The van der Waals surface area contributed by atoms with Gasteiger partial charge in [-0.15, -0.1) is 0 Å². The molecule has 0 saturated heterocycles. The molecule has 0 spiro atoms. The van der Waals surface area contributed by atoms with Gasteiger partial charge in [-0.2, -0.15) is 0 Å². The molecule has 0 aromatic heterocycles. The molecule has 0 radical (unpaired) electrons. The number of unbranched alkanes of at least 4 members (excludes halogenated alkanes) is 1. The highest BCUT2D eigenvalue weighted by molar-refractivity contribution is 5.79. The summed E-state index contributed by atoms with van der Waals surface area (Å²) in [6.07, 6.45) is 8.38. The van der Waals surface area contributed by atoms with E-state index in [0.29, 0.717) is 12.3 Å². The fourth-order valence-corrected chi connectivity index (χ4v) is 2.83. The Balaban J connectivity index is 2.27. The Labute approximate surface area is 111 Å². The number of hydrogen-bond acceptors (Lipinski definition) is 3. The van der Waals surface area contributed by atoms with E-state index in [1.54, 1.807) is 0 Å². The lowest BCUT2D eigenvalue weighted by molar-refractivity contribution is 0.174. The Morgan fingerprint density at radius 3 is 2.56 bits per heavy atom. The first-order valence-corrected chi connectivity index (χ1v) is 7.34. The van der Waals surface area contributed by atoms with E-state index in [1.807, 2.05) is 0 Å². The monoisotopic (exact) mass is 255 g/mol. The summed E-state index contributed by atoms with van der Waals surface area (Å²) in [5, 5.41) is 11.5. The van der Waals surface area contributed by atoms with E-state index in [-0.39, 0.29) is 0 Å². The molecule has 106 valence electrons. The predicted octanol–water partition coefficient (Wildman–Crippen LogP) is 2.80. The van der Waals surface area contributed by atoms with Crippen molar-refractivity contribution in [2.24, 2.45) is 16.8 Å². The van der Waals surface area contributed by atoms with Crippen molar-refractivity contribution in [2.45, 2.75) is 64.8 Å². The summed E-state index contributed by atoms with van der Waals surface area (Å²) in [5.41, 5.74) is 5.48. The minimum Gasteiger partial charge on any atom is -0.409 e. The lowest BCUT2D eigenvalue weighted by Crippen LogP contribution is -2.37. The van der Waals surface area contributed by atoms with Gasteiger partial charge in [-0.25, -0.2) is 0 Å². The summed E-state index contributed by atoms with van der Waals surface area (Å²) in [6.45, 7) is 6.94. The van der Waals surface area contributed by atoms with Crippen LogP contribution >= 0.6 is 0 Å². The Morgan fingerprint density at radius 2 is 2.00 bits per heavy atom. The minimum absolute atomic E-state index is 0.353. The number of oxime groups is 1. The van der Waals surface area contributed by atoms with Gasteiger partial charge in [-0.3, -0.25) is 0 Å². The molecule has 0 unspecified atom stereocenters. The van der Waals surface area contributed by atoms with Crippen molar-refractivity contribution in [3.05, 3.63) is 0 Å². The van der Waals surface area contributed by atoms with E-state index in [4.69, 9.17) is 10.9 Å². The van der Waals surface area contributed by atoms with E-state index >= 15 is 0 Å². The zero-order valence-electron chi connectivity index (χ0n) is 11.9. The maximum atomic E-state index is 8.49. The van der Waals surface area contributed by atoms with Crippen LogP contribution < -0.4 is 5.73 Å². The molecule has 1 rings (SSSR count). The average molecular weight is 255 g/mol. The average Bonchev–Trinajstić information content (AvgIpc) is 2.85. The molecule has 0 aromatic rings. The number of hydrogen-bond donors (Lipinski definition) is 2. The maximum Gasteiger partial charge on any atom is 0.139 e. The maximum absolute atomic E-state index is 8.49. The van der Waals surface area contributed by atoms with Crippen LogP contribution in [-0.4, -0.2) is 35.1 Å². The summed E-state index contributed by atoms with van der Waals surface area (Å²) in [7, 11) is 0. The first kappa shape index (κ1) is 15.3. The Bertz CT molecular complexity index is 247. The Kier molecular flexibility index (Phi) is 7.09. The normalized spacial score (nSPS) is 18.1. The zero-order chi connectivity index (χ0) is 13.4. The van der Waals surface area contributed by atoms with Crippen LogP contribution in [0.15, 0.2) is 5.16 Å². The highest BCUT2D eigenvalue weighted by atomic mass is 16.4. The standard InChI is InChI=1S/C14H29N3O/c1-12(2)11-17(13-7-3-4-8-13)10-6-5-9-14(15)16-18/h12-13,18H,3-11H2,1-2H3,(H2,15,16). The first-order valence-electron chi connectivity index (χ1n) is 7.34. The van der Waals surface area contributed by atoms with Gasteiger partial charge in [-0.1, -0.05) is 31.8 Å². The van der Waals surface area contributed by atoms with E-state index in [2.05, 4.69) is 23.9 Å². The van der Waals surface area contributed by atoms with Crippen LogP contribution in [0.5, 0.6) is 0 Å². The van der Waals surface area contributed by atoms with Crippen molar-refractivity contribution in [1.29, 1.82) is 0 Å². The summed E-state index contributed by atoms with van der Waals surface area (Å²) in [5.74, 6) is 1.08. The molecule has 0 aromatic carbocycles. The molecule has 0 aliphatic heterocycles. The summed E-state index contributed by atoms with van der Waals surface area (Å²) in [6, 6.07) is 0.802. The second kappa shape index (κ2) is 8.35. The first-order chi connectivity index (χ1) is 8.63. The van der Waals surface area contributed by atoms with Crippen molar-refractivity contribution in [1.82, 2.24) is 4.90 Å². The smallest absolute Gasteiger partial charge is 0.139 e. The third-order valence-corrected chi connectivity index (χ3v) is 3.70. The lowest BCUT2D eigenvalue weighted by atomic mass is 10.1. The fourth-order valence-electron chi connectivity index (χ4n) is 2.83. The second-order valence-electron chi connectivity index (χ2n) is 5.88. The number of amidine groups is 1. The van der Waals surface area contributed by atoms with Crippen LogP contribution in [-0.2, 0) is 0 Å². The lowest BCUT2D eigenvalue weighted by Gasteiger charge is -2.30. The van der Waals surface area contributed by atoms with E-state index in [1.165, 1.54) is 32.2 Å². The number of nitrogens with two attached hydrogens (primary N) is 1. The Hall–Kier alpha value is -0.770. The SMILES string of the molecule is CC(C)CN(CCCCC(N)=NO)C1CCCC1. The molecule has 1 fully saturated rings. The zero-order valence-corrected chi connectivity index (χ0v) is 11.9. The van der Waals surface area contributed by atoms with Gasteiger partial charge >= 0.3 is 0 Å². The topological polar surface area (TPSA) is 61.8 Å². The molecule has 0 amide bonds. The van der Waals surface area contributed by atoms with Gasteiger partial charge in [0.25, 0.3) is 0 Å². The molecule has 4 nitrogen and oxygen atoms in total. The van der Waals surface area contributed by atoms with Crippen LogP contribution in [0.3, 0.4) is 0 Å². The molecule has 1 saturated carbocycles. The van der Waals surface area contributed by atoms with E-state index < -0.39 is 0 Å². The van der Waals surface area contributed by atoms with Gasteiger partial charge in [0.2, 0.25) is 0 Å². The van der Waals surface area contributed by atoms with Crippen LogP contribution in [0, 0.1) is 5.92 Å². The Morgan fingerprint density at radius 1 is 1.33 bits per heavy atom. The molecule has 3 N–H and O–H groups in total. The minimum atomic E-state index is 0.353. The van der Waals surface area contributed by atoms with E-state index in [0.717, 1.165) is 31.3 Å². The van der Waals surface area contributed by atoms with Gasteiger partial charge < -0.3 is 15.8 Å². The highest BCUT2D eigenvalue weighted by Gasteiger charge is 2.22. The summed E-state index contributed by atoms with van der Waals surface area (Å²) >= 11 is 0. The van der Waals surface area contributed by atoms with Gasteiger partial charge in [-0.05, 0) is 38.1 Å². The van der Waals surface area contributed by atoms with Crippen LogP contribution in [0.4, 0.5) is 0 Å². The quantitative estimate of drug-likeness (QED) is 0.230. The fraction of sp³-hybridized carbons (Fsp3) is 0.929. The van der Waals surface area contributed by atoms with Crippen molar-refractivity contribution in [3.63, 3.8) is 0 Å². The van der Waals surface area contributed by atoms with Crippen molar-refractivity contribution in [3.8, 4) is 0 Å². The van der Waals surface area contributed by atoms with Crippen molar-refractivity contribution >= 4 is 5.84 Å². The summed E-state index contributed by atoms with van der Waals surface area (Å²) < 4.78 is 0. The number of rotatable bonds is 8. The highest BCUT2D eigenvalue weighted by Crippen LogP contribution is 2.24. The van der Waals surface area contributed by atoms with Gasteiger partial charge in [0.1, 0.15) is 5.84 Å². The van der Waals surface area contributed by atoms with Crippen LogP contribution in [0.1, 0.15) is 58.8 Å². The van der Waals surface area contributed by atoms with E-state index in [9.17, 15) is 0 Å². The van der Waals surface area contributed by atoms with Crippen LogP contribution in [0.2, 0.25) is 0 Å². The molecular formula is C14H29N3O. The molecule has 1 aliphatic carbocycles. The second-order valence-corrected chi connectivity index (χ2v) is 5.88. The molecule has 18 heavy (non-hydrogen) atoms. The number of nitrogens with zero attached hydrogens (tertiary/aromatic N) is 2. The third kappa shape index (κ3) is 5.71. The van der Waals surface area contributed by atoms with Gasteiger partial charge in [0, 0.05) is 19.0 Å². The molecule has 0 bridgehead atoms. The molecule has 1 aliphatic rings. The third-order valence-electron chi connectivity index (χ3n) is 3.70. The van der Waals surface area contributed by atoms with Crippen molar-refractivity contribution < 1.29 is 5.21 Å². The van der Waals surface area contributed by atoms with Crippen LogP contribution in [0.25, 0.3) is 0 Å². The molecular weight excluding hydrogens is 226 g/mol. The molecule has 0 atom stereocenters. The molecule has 0 heterocycles. The van der Waals surface area contributed by atoms with Gasteiger partial charge in [0.15, 0.2) is 0 Å². The summed E-state index contributed by atoms with van der Waals surface area (Å²) in [4.78, 5) is 2.66.